The lowest BCUT2D eigenvalue weighted by atomic mass is 10.2. The molecule has 0 fully saturated rings. The normalized spacial score (nSPS) is 10.0. The quantitative estimate of drug-likeness (QED) is 0.461. The van der Waals surface area contributed by atoms with Gasteiger partial charge in [0.1, 0.15) is 0 Å². The van der Waals surface area contributed by atoms with E-state index in [1.807, 2.05) is 0 Å². The molecular weight excluding hydrogens is 203 g/mol. The molecule has 0 aliphatic carbocycles. The first kappa shape index (κ1) is 11.4. The van der Waals surface area contributed by atoms with Crippen LogP contribution in [0.5, 0.6) is 0 Å². The highest BCUT2D eigenvalue weighted by Gasteiger charge is 2.09. The molecule has 0 bridgehead atoms. The predicted octanol–water partition coefficient (Wildman–Crippen LogP) is 1.79. The molecule has 6 heteroatoms. The number of benzene rings is 1. The number of nitrogens with zero attached hydrogens (tertiary/aromatic N) is 1. The Morgan fingerprint density at radius 2 is 2.33 bits per heavy atom. The lowest BCUT2D eigenvalue weighted by Gasteiger charge is -2.06. The van der Waals surface area contributed by atoms with Crippen molar-refractivity contribution in [1.82, 2.24) is 0 Å². The van der Waals surface area contributed by atoms with Gasteiger partial charge in [-0.25, -0.2) is 4.39 Å². The molecule has 0 saturated heterocycles. The Labute approximate surface area is 86.0 Å². The van der Waals surface area contributed by atoms with Crippen LogP contribution in [0.4, 0.5) is 15.8 Å². The minimum absolute atomic E-state index is 0.234. The molecule has 0 atom stereocenters. The second-order valence-electron chi connectivity index (χ2n) is 2.84. The Morgan fingerprint density at radius 1 is 1.60 bits per heavy atom. The van der Waals surface area contributed by atoms with Gasteiger partial charge in [0.25, 0.3) is 5.69 Å². The van der Waals surface area contributed by atoms with Gasteiger partial charge in [0, 0.05) is 19.7 Å². The molecule has 0 unspecified atom stereocenters. The van der Waals surface area contributed by atoms with Gasteiger partial charge in [-0.2, -0.15) is 0 Å². The van der Waals surface area contributed by atoms with Gasteiger partial charge in [-0.1, -0.05) is 0 Å². The van der Waals surface area contributed by atoms with E-state index in [4.69, 9.17) is 4.74 Å². The minimum Gasteiger partial charge on any atom is -0.383 e. The maximum absolute atomic E-state index is 13.2. The number of rotatable bonds is 5. The fraction of sp³-hybridized carbons (Fsp3) is 0.333. The zero-order chi connectivity index (χ0) is 11.3. The molecule has 0 saturated carbocycles. The van der Waals surface area contributed by atoms with Crippen LogP contribution in [0.2, 0.25) is 0 Å². The zero-order valence-corrected chi connectivity index (χ0v) is 8.20. The Balaban J connectivity index is 2.70. The van der Waals surface area contributed by atoms with Gasteiger partial charge < -0.3 is 10.1 Å². The number of hydrogen-bond donors (Lipinski definition) is 1. The van der Waals surface area contributed by atoms with Gasteiger partial charge in [0.2, 0.25) is 0 Å². The van der Waals surface area contributed by atoms with Crippen LogP contribution < -0.4 is 5.32 Å². The molecule has 1 aromatic carbocycles. The van der Waals surface area contributed by atoms with Crippen LogP contribution in [-0.2, 0) is 4.74 Å². The van der Waals surface area contributed by atoms with Crippen molar-refractivity contribution in [3.63, 3.8) is 0 Å². The Bertz CT molecular complexity index is 357. The monoisotopic (exact) mass is 214 g/mol. The van der Waals surface area contributed by atoms with Crippen LogP contribution >= 0.6 is 0 Å². The molecule has 0 amide bonds. The van der Waals surface area contributed by atoms with Gasteiger partial charge in [-0.05, 0) is 6.07 Å². The van der Waals surface area contributed by atoms with E-state index < -0.39 is 10.7 Å². The maximum Gasteiger partial charge on any atom is 0.272 e. The number of methoxy groups -OCH3 is 1. The topological polar surface area (TPSA) is 64.4 Å². The van der Waals surface area contributed by atoms with Gasteiger partial charge >= 0.3 is 0 Å². The molecule has 0 aliphatic heterocycles. The van der Waals surface area contributed by atoms with E-state index in [0.29, 0.717) is 13.2 Å². The number of nitro benzene ring substituents is 1. The number of ether oxygens (including phenoxy) is 1. The first-order chi connectivity index (χ1) is 7.15. The number of hydrogen-bond acceptors (Lipinski definition) is 4. The van der Waals surface area contributed by atoms with Crippen molar-refractivity contribution in [1.29, 1.82) is 0 Å². The van der Waals surface area contributed by atoms with Gasteiger partial charge in [0.15, 0.2) is 5.82 Å². The van der Waals surface area contributed by atoms with Crippen LogP contribution in [0.15, 0.2) is 18.2 Å². The summed E-state index contributed by atoms with van der Waals surface area (Å²) in [4.78, 5) is 9.69. The summed E-state index contributed by atoms with van der Waals surface area (Å²) in [6.45, 7) is 0.891. The second kappa shape index (κ2) is 5.26. The molecule has 1 N–H and O–H groups in total. The fourth-order valence-corrected chi connectivity index (χ4v) is 1.05. The summed E-state index contributed by atoms with van der Waals surface area (Å²) >= 11 is 0. The lowest BCUT2D eigenvalue weighted by Crippen LogP contribution is -2.08. The summed E-state index contributed by atoms with van der Waals surface area (Å²) in [5, 5.41) is 13.1. The van der Waals surface area contributed by atoms with Crippen molar-refractivity contribution in [2.45, 2.75) is 0 Å². The predicted molar refractivity (Wildman–Crippen MR) is 53.4 cm³/mol. The van der Waals surface area contributed by atoms with Crippen LogP contribution in [0.3, 0.4) is 0 Å². The van der Waals surface area contributed by atoms with Crippen molar-refractivity contribution < 1.29 is 14.1 Å². The standard InChI is InChI=1S/C9H11FN2O3/c1-15-5-4-11-9-3-2-7(12(13)14)6-8(9)10/h2-3,6,11H,4-5H2,1H3. The third kappa shape index (κ3) is 3.17. The van der Waals surface area contributed by atoms with Crippen LogP contribution in [0.1, 0.15) is 0 Å². The molecular formula is C9H11FN2O3. The highest BCUT2D eigenvalue weighted by molar-refractivity contribution is 5.50. The number of halogens is 1. The van der Waals surface area contributed by atoms with Crippen molar-refractivity contribution in [2.75, 3.05) is 25.6 Å². The average molecular weight is 214 g/mol. The van der Waals surface area contributed by atoms with Gasteiger partial charge in [0.05, 0.1) is 23.3 Å². The molecule has 15 heavy (non-hydrogen) atoms. The molecule has 0 aliphatic rings. The van der Waals surface area contributed by atoms with Crippen LogP contribution in [0.25, 0.3) is 0 Å². The molecule has 82 valence electrons. The smallest absolute Gasteiger partial charge is 0.272 e. The third-order valence-corrected chi connectivity index (χ3v) is 1.79. The maximum atomic E-state index is 13.2. The van der Waals surface area contributed by atoms with E-state index >= 15 is 0 Å². The Morgan fingerprint density at radius 3 is 2.87 bits per heavy atom. The molecule has 5 nitrogen and oxygen atoms in total. The summed E-state index contributed by atoms with van der Waals surface area (Å²) in [7, 11) is 1.54. The molecule has 0 spiro atoms. The number of anilines is 1. The largest absolute Gasteiger partial charge is 0.383 e. The number of nitrogens with one attached hydrogen (secondary N) is 1. The third-order valence-electron chi connectivity index (χ3n) is 1.79. The second-order valence-corrected chi connectivity index (χ2v) is 2.84. The van der Waals surface area contributed by atoms with E-state index in [2.05, 4.69) is 5.32 Å². The minimum atomic E-state index is -0.639. The van der Waals surface area contributed by atoms with Crippen molar-refractivity contribution in [3.8, 4) is 0 Å². The summed E-state index contributed by atoms with van der Waals surface area (Å²) in [5.74, 6) is -0.639. The molecule has 0 radical (unpaired) electrons. The van der Waals surface area contributed by atoms with Gasteiger partial charge in [-0.15, -0.1) is 0 Å². The van der Waals surface area contributed by atoms with E-state index in [1.165, 1.54) is 19.2 Å². The zero-order valence-electron chi connectivity index (χ0n) is 8.20. The highest BCUT2D eigenvalue weighted by atomic mass is 19.1. The van der Waals surface area contributed by atoms with Gasteiger partial charge in [-0.3, -0.25) is 10.1 Å². The first-order valence-corrected chi connectivity index (χ1v) is 4.32. The fourth-order valence-electron chi connectivity index (χ4n) is 1.05. The van der Waals surface area contributed by atoms with E-state index in [0.717, 1.165) is 6.07 Å². The summed E-state index contributed by atoms with van der Waals surface area (Å²) in [6, 6.07) is 3.47. The summed E-state index contributed by atoms with van der Waals surface area (Å²) < 4.78 is 18.0. The van der Waals surface area contributed by atoms with E-state index in [-0.39, 0.29) is 11.4 Å². The van der Waals surface area contributed by atoms with Crippen LogP contribution in [-0.4, -0.2) is 25.2 Å². The Kier molecular flexibility index (Phi) is 3.99. The van der Waals surface area contributed by atoms with Crippen LogP contribution in [0, 0.1) is 15.9 Å². The lowest BCUT2D eigenvalue weighted by molar-refractivity contribution is -0.385. The number of non-ortho nitro benzene ring substituents is 1. The first-order valence-electron chi connectivity index (χ1n) is 4.32. The number of nitro groups is 1. The van der Waals surface area contributed by atoms with Crippen molar-refractivity contribution >= 4 is 11.4 Å². The van der Waals surface area contributed by atoms with E-state index in [1.54, 1.807) is 0 Å². The molecule has 0 heterocycles. The van der Waals surface area contributed by atoms with Crippen molar-refractivity contribution in [3.05, 3.63) is 34.1 Å². The molecule has 0 aromatic heterocycles. The summed E-state index contributed by atoms with van der Waals surface area (Å²) in [6.07, 6.45) is 0. The molecule has 1 rings (SSSR count). The van der Waals surface area contributed by atoms with Crippen molar-refractivity contribution in [2.24, 2.45) is 0 Å². The highest BCUT2D eigenvalue weighted by Crippen LogP contribution is 2.19. The Hall–Kier alpha value is -1.69. The average Bonchev–Trinajstić information content (AvgIpc) is 2.20. The summed E-state index contributed by atoms with van der Waals surface area (Å²) in [5.41, 5.74) is -0.0255. The van der Waals surface area contributed by atoms with E-state index in [9.17, 15) is 14.5 Å². The SMILES string of the molecule is COCCNc1ccc([N+](=O)[O-])cc1F. The molecule has 1 aromatic rings.